The van der Waals surface area contributed by atoms with E-state index in [9.17, 15) is 4.79 Å². The quantitative estimate of drug-likeness (QED) is 0.729. The van der Waals surface area contributed by atoms with Gasteiger partial charge < -0.3 is 14.2 Å². The summed E-state index contributed by atoms with van der Waals surface area (Å²) in [6.07, 6.45) is 5.33. The summed E-state index contributed by atoms with van der Waals surface area (Å²) in [7, 11) is 1.97. The standard InChI is InChI=1S/C19H19N3O2/c1-21-12-16(15-4-2-3-5-17(15)21)19(23)22-10-11-24-18(13-22)14-6-8-20-9-7-14/h2-9,12,18H,10-11,13H2,1H3/t18-/m0/s1. The highest BCUT2D eigenvalue weighted by molar-refractivity contribution is 6.07. The number of benzene rings is 1. The molecule has 1 atom stereocenters. The third-order valence-electron chi connectivity index (χ3n) is 4.56. The topological polar surface area (TPSA) is 47.4 Å². The zero-order valence-corrected chi connectivity index (χ0v) is 13.6. The van der Waals surface area contributed by atoms with Gasteiger partial charge in [-0.1, -0.05) is 18.2 Å². The maximum absolute atomic E-state index is 13.0. The Bertz CT molecular complexity index is 873. The van der Waals surface area contributed by atoms with E-state index in [-0.39, 0.29) is 12.0 Å². The summed E-state index contributed by atoms with van der Waals surface area (Å²) < 4.78 is 7.85. The Balaban J connectivity index is 1.62. The number of pyridine rings is 1. The Kier molecular flexibility index (Phi) is 3.78. The first-order chi connectivity index (χ1) is 11.7. The fourth-order valence-electron chi connectivity index (χ4n) is 3.30. The van der Waals surface area contributed by atoms with E-state index in [0.29, 0.717) is 19.7 Å². The third kappa shape index (κ3) is 2.57. The smallest absolute Gasteiger partial charge is 0.256 e. The van der Waals surface area contributed by atoms with Gasteiger partial charge in [-0.25, -0.2) is 0 Å². The minimum absolute atomic E-state index is 0.0640. The van der Waals surface area contributed by atoms with Gasteiger partial charge in [0.15, 0.2) is 0 Å². The van der Waals surface area contributed by atoms with Gasteiger partial charge in [0.2, 0.25) is 0 Å². The number of amides is 1. The molecule has 0 N–H and O–H groups in total. The maximum atomic E-state index is 13.0. The summed E-state index contributed by atoms with van der Waals surface area (Å²) in [6.45, 7) is 1.72. The summed E-state index contributed by atoms with van der Waals surface area (Å²) in [5, 5.41) is 0.997. The predicted molar refractivity (Wildman–Crippen MR) is 91.8 cm³/mol. The molecular formula is C19H19N3O2. The lowest BCUT2D eigenvalue weighted by Crippen LogP contribution is -2.42. The highest BCUT2D eigenvalue weighted by Gasteiger charge is 2.27. The van der Waals surface area contributed by atoms with E-state index in [1.165, 1.54) is 0 Å². The number of aromatic nitrogens is 2. The molecule has 1 saturated heterocycles. The van der Waals surface area contributed by atoms with Gasteiger partial charge in [0.05, 0.1) is 18.7 Å². The van der Waals surface area contributed by atoms with Crippen molar-refractivity contribution in [3.05, 3.63) is 66.1 Å². The Hall–Kier alpha value is -2.66. The van der Waals surface area contributed by atoms with Crippen molar-refractivity contribution in [1.82, 2.24) is 14.5 Å². The number of nitrogens with zero attached hydrogens (tertiary/aromatic N) is 3. The van der Waals surface area contributed by atoms with E-state index < -0.39 is 0 Å². The molecule has 3 aromatic rings. The van der Waals surface area contributed by atoms with E-state index in [0.717, 1.165) is 22.0 Å². The largest absolute Gasteiger partial charge is 0.370 e. The number of hydrogen-bond donors (Lipinski definition) is 0. The summed E-state index contributed by atoms with van der Waals surface area (Å²) in [6, 6.07) is 11.9. The van der Waals surface area contributed by atoms with Crippen molar-refractivity contribution < 1.29 is 9.53 Å². The van der Waals surface area contributed by atoms with Crippen LogP contribution in [-0.4, -0.2) is 40.1 Å². The molecule has 2 aromatic heterocycles. The van der Waals surface area contributed by atoms with Crippen molar-refractivity contribution in [2.24, 2.45) is 7.05 Å². The maximum Gasteiger partial charge on any atom is 0.256 e. The molecule has 4 rings (SSSR count). The SMILES string of the molecule is Cn1cc(C(=O)N2CCO[C@H](c3ccncc3)C2)c2ccccc21. The second-order valence-electron chi connectivity index (χ2n) is 6.06. The number of hydrogen-bond acceptors (Lipinski definition) is 3. The van der Waals surface area contributed by atoms with Crippen molar-refractivity contribution in [1.29, 1.82) is 0 Å². The number of morpholine rings is 1. The number of fused-ring (bicyclic) bond motifs is 1. The molecule has 0 spiro atoms. The lowest BCUT2D eigenvalue weighted by molar-refractivity contribution is -0.0227. The van der Waals surface area contributed by atoms with Crippen molar-refractivity contribution >= 4 is 16.8 Å². The monoisotopic (exact) mass is 321 g/mol. The molecule has 5 nitrogen and oxygen atoms in total. The second kappa shape index (κ2) is 6.09. The van der Waals surface area contributed by atoms with Crippen LogP contribution >= 0.6 is 0 Å². The van der Waals surface area contributed by atoms with Crippen LogP contribution < -0.4 is 0 Å². The minimum Gasteiger partial charge on any atom is -0.370 e. The van der Waals surface area contributed by atoms with Crippen molar-refractivity contribution in [2.75, 3.05) is 19.7 Å². The number of carbonyl (C=O) groups excluding carboxylic acids is 1. The average molecular weight is 321 g/mol. The van der Waals surface area contributed by atoms with E-state index in [1.54, 1.807) is 12.4 Å². The molecule has 1 aliphatic heterocycles. The Morgan fingerprint density at radius 3 is 2.83 bits per heavy atom. The van der Waals surface area contributed by atoms with Crippen LogP contribution in [0.25, 0.3) is 10.9 Å². The Morgan fingerprint density at radius 1 is 1.21 bits per heavy atom. The first kappa shape index (κ1) is 14.9. The van der Waals surface area contributed by atoms with Crippen LogP contribution in [0.3, 0.4) is 0 Å². The molecule has 0 saturated carbocycles. The normalized spacial score (nSPS) is 18.0. The molecule has 0 aliphatic carbocycles. The molecule has 1 fully saturated rings. The molecule has 0 bridgehead atoms. The van der Waals surface area contributed by atoms with Gasteiger partial charge in [0.1, 0.15) is 6.10 Å². The first-order valence-corrected chi connectivity index (χ1v) is 8.09. The first-order valence-electron chi connectivity index (χ1n) is 8.09. The molecule has 3 heterocycles. The van der Waals surface area contributed by atoms with Crippen LogP contribution in [0, 0.1) is 0 Å². The lowest BCUT2D eigenvalue weighted by atomic mass is 10.1. The zero-order valence-electron chi connectivity index (χ0n) is 13.6. The van der Waals surface area contributed by atoms with Crippen LogP contribution in [0.1, 0.15) is 22.0 Å². The van der Waals surface area contributed by atoms with Gasteiger partial charge in [-0.05, 0) is 23.8 Å². The summed E-state index contributed by atoms with van der Waals surface area (Å²) >= 11 is 0. The summed E-state index contributed by atoms with van der Waals surface area (Å²) in [4.78, 5) is 19.0. The molecule has 5 heteroatoms. The van der Waals surface area contributed by atoms with Gasteiger partial charge in [-0.15, -0.1) is 0 Å². The predicted octanol–water partition coefficient (Wildman–Crippen LogP) is 2.79. The van der Waals surface area contributed by atoms with Gasteiger partial charge in [0.25, 0.3) is 5.91 Å². The summed E-state index contributed by atoms with van der Waals surface area (Å²) in [5.74, 6) is 0.0640. The fraction of sp³-hybridized carbons (Fsp3) is 0.263. The van der Waals surface area contributed by atoms with Crippen LogP contribution in [0.2, 0.25) is 0 Å². The zero-order chi connectivity index (χ0) is 16.5. The molecule has 122 valence electrons. The number of para-hydroxylation sites is 1. The molecular weight excluding hydrogens is 302 g/mol. The number of ether oxygens (including phenoxy) is 1. The van der Waals surface area contributed by atoms with Crippen molar-refractivity contribution in [3.8, 4) is 0 Å². The molecule has 1 aromatic carbocycles. The van der Waals surface area contributed by atoms with Crippen LogP contribution in [0.4, 0.5) is 0 Å². The van der Waals surface area contributed by atoms with Crippen LogP contribution in [-0.2, 0) is 11.8 Å². The summed E-state index contributed by atoms with van der Waals surface area (Å²) in [5.41, 5.74) is 2.88. The molecule has 1 amide bonds. The highest BCUT2D eigenvalue weighted by atomic mass is 16.5. The number of carbonyl (C=O) groups is 1. The Morgan fingerprint density at radius 2 is 2.00 bits per heavy atom. The second-order valence-corrected chi connectivity index (χ2v) is 6.06. The fourth-order valence-corrected chi connectivity index (χ4v) is 3.30. The number of aryl methyl sites for hydroxylation is 1. The molecule has 1 aliphatic rings. The number of rotatable bonds is 2. The highest BCUT2D eigenvalue weighted by Crippen LogP contribution is 2.26. The molecule has 0 unspecified atom stereocenters. The van der Waals surface area contributed by atoms with E-state index in [2.05, 4.69) is 4.98 Å². The minimum atomic E-state index is -0.0966. The lowest BCUT2D eigenvalue weighted by Gasteiger charge is -2.33. The van der Waals surface area contributed by atoms with Crippen molar-refractivity contribution in [2.45, 2.75) is 6.10 Å². The average Bonchev–Trinajstić information content (AvgIpc) is 2.99. The van der Waals surface area contributed by atoms with Crippen LogP contribution in [0.5, 0.6) is 0 Å². The molecule has 24 heavy (non-hydrogen) atoms. The van der Waals surface area contributed by atoms with E-state index in [4.69, 9.17) is 4.74 Å². The Labute approximate surface area is 140 Å². The third-order valence-corrected chi connectivity index (χ3v) is 4.56. The van der Waals surface area contributed by atoms with Gasteiger partial charge in [0, 0.05) is 43.1 Å². The van der Waals surface area contributed by atoms with Crippen LogP contribution in [0.15, 0.2) is 55.0 Å². The molecule has 0 radical (unpaired) electrons. The van der Waals surface area contributed by atoms with Crippen molar-refractivity contribution in [3.63, 3.8) is 0 Å². The van der Waals surface area contributed by atoms with E-state index in [1.807, 2.05) is 59.1 Å². The van der Waals surface area contributed by atoms with E-state index >= 15 is 0 Å². The van der Waals surface area contributed by atoms with Gasteiger partial charge >= 0.3 is 0 Å². The van der Waals surface area contributed by atoms with Gasteiger partial charge in [-0.3, -0.25) is 9.78 Å². The van der Waals surface area contributed by atoms with Gasteiger partial charge in [-0.2, -0.15) is 0 Å².